The predicted octanol–water partition coefficient (Wildman–Crippen LogP) is 2.38. The molecule has 0 aromatic heterocycles. The van der Waals surface area contributed by atoms with Crippen molar-refractivity contribution in [1.29, 1.82) is 0 Å². The average molecular weight is 248 g/mol. The van der Waals surface area contributed by atoms with Crippen LogP contribution in [-0.2, 0) is 0 Å². The fourth-order valence-corrected chi connectivity index (χ4v) is 2.63. The van der Waals surface area contributed by atoms with Crippen molar-refractivity contribution in [2.24, 2.45) is 5.92 Å². The monoisotopic (exact) mass is 248 g/mol. The van der Waals surface area contributed by atoms with Gasteiger partial charge in [0.1, 0.15) is 5.75 Å². The summed E-state index contributed by atoms with van der Waals surface area (Å²) in [5.74, 6) is 1.03. The molecule has 1 aromatic carbocycles. The minimum Gasteiger partial charge on any atom is -0.508 e. The quantitative estimate of drug-likeness (QED) is 0.859. The van der Waals surface area contributed by atoms with Crippen molar-refractivity contribution in [2.75, 3.05) is 26.2 Å². The van der Waals surface area contributed by atoms with Gasteiger partial charge in [-0.1, -0.05) is 26.0 Å². The molecule has 1 aliphatic rings. The van der Waals surface area contributed by atoms with E-state index in [9.17, 15) is 5.11 Å². The molecule has 0 unspecified atom stereocenters. The lowest BCUT2D eigenvalue weighted by molar-refractivity contribution is 0.154. The Hall–Kier alpha value is -1.06. The molecule has 1 fully saturated rings. The van der Waals surface area contributed by atoms with E-state index in [-0.39, 0.29) is 0 Å². The standard InChI is InChI=1S/C15H24N2O/c1-12(2)11-15(17-9-7-16-8-10-17)13-3-5-14(18)6-4-13/h3-6,12,15-16,18H,7-11H2,1-2H3/t15-/m0/s1. The van der Waals surface area contributed by atoms with Crippen LogP contribution in [0.5, 0.6) is 5.75 Å². The maximum atomic E-state index is 9.41. The third-order valence-electron chi connectivity index (χ3n) is 3.56. The second-order valence-electron chi connectivity index (χ2n) is 5.52. The third kappa shape index (κ3) is 3.47. The topological polar surface area (TPSA) is 35.5 Å². The van der Waals surface area contributed by atoms with Gasteiger partial charge in [-0.15, -0.1) is 0 Å². The van der Waals surface area contributed by atoms with Gasteiger partial charge in [0.05, 0.1) is 0 Å². The maximum Gasteiger partial charge on any atom is 0.115 e. The second kappa shape index (κ2) is 6.21. The molecule has 0 bridgehead atoms. The summed E-state index contributed by atoms with van der Waals surface area (Å²) in [6.07, 6.45) is 1.17. The van der Waals surface area contributed by atoms with Crippen LogP contribution in [0.15, 0.2) is 24.3 Å². The molecule has 1 atom stereocenters. The van der Waals surface area contributed by atoms with Crippen molar-refractivity contribution in [2.45, 2.75) is 26.3 Å². The minimum atomic E-state index is 0.349. The van der Waals surface area contributed by atoms with Crippen molar-refractivity contribution in [3.05, 3.63) is 29.8 Å². The zero-order valence-electron chi connectivity index (χ0n) is 11.4. The Kier molecular flexibility index (Phi) is 4.61. The highest BCUT2D eigenvalue weighted by atomic mass is 16.3. The summed E-state index contributed by atoms with van der Waals surface area (Å²) < 4.78 is 0. The fraction of sp³-hybridized carbons (Fsp3) is 0.600. The van der Waals surface area contributed by atoms with Gasteiger partial charge in [-0.3, -0.25) is 4.90 Å². The molecule has 3 nitrogen and oxygen atoms in total. The maximum absolute atomic E-state index is 9.41. The van der Waals surface area contributed by atoms with Crippen molar-refractivity contribution in [3.63, 3.8) is 0 Å². The van der Waals surface area contributed by atoms with E-state index < -0.39 is 0 Å². The second-order valence-corrected chi connectivity index (χ2v) is 5.52. The molecule has 0 aliphatic carbocycles. The van der Waals surface area contributed by atoms with Crippen LogP contribution < -0.4 is 5.32 Å². The Labute approximate surface area is 110 Å². The van der Waals surface area contributed by atoms with E-state index in [4.69, 9.17) is 0 Å². The number of piperazine rings is 1. The van der Waals surface area contributed by atoms with Crippen LogP contribution in [0.3, 0.4) is 0 Å². The number of aromatic hydroxyl groups is 1. The molecular weight excluding hydrogens is 224 g/mol. The summed E-state index contributed by atoms with van der Waals surface area (Å²) in [5.41, 5.74) is 1.32. The molecule has 1 heterocycles. The van der Waals surface area contributed by atoms with Crippen molar-refractivity contribution in [1.82, 2.24) is 10.2 Å². The van der Waals surface area contributed by atoms with Crippen LogP contribution in [0.2, 0.25) is 0 Å². The number of phenols is 1. The van der Waals surface area contributed by atoms with Crippen LogP contribution in [0.4, 0.5) is 0 Å². The van der Waals surface area contributed by atoms with E-state index in [1.807, 2.05) is 0 Å². The Morgan fingerprint density at radius 1 is 1.17 bits per heavy atom. The number of nitrogens with zero attached hydrogens (tertiary/aromatic N) is 1. The molecule has 2 rings (SSSR count). The van der Waals surface area contributed by atoms with E-state index in [0.717, 1.165) is 26.2 Å². The summed E-state index contributed by atoms with van der Waals surface area (Å²) >= 11 is 0. The summed E-state index contributed by atoms with van der Waals surface area (Å²) in [5, 5.41) is 12.8. The lowest BCUT2D eigenvalue weighted by atomic mass is 9.95. The molecule has 18 heavy (non-hydrogen) atoms. The first-order chi connectivity index (χ1) is 8.66. The van der Waals surface area contributed by atoms with E-state index >= 15 is 0 Å². The molecule has 100 valence electrons. The molecule has 2 N–H and O–H groups in total. The lowest BCUT2D eigenvalue weighted by Gasteiger charge is -2.36. The summed E-state index contributed by atoms with van der Waals surface area (Å²) in [6.45, 7) is 8.92. The molecule has 1 aliphatic heterocycles. The highest BCUT2D eigenvalue weighted by Gasteiger charge is 2.22. The molecular formula is C15H24N2O. The number of rotatable bonds is 4. The predicted molar refractivity (Wildman–Crippen MR) is 74.7 cm³/mol. The molecule has 1 saturated heterocycles. The number of hydrogen-bond acceptors (Lipinski definition) is 3. The van der Waals surface area contributed by atoms with E-state index in [2.05, 4.69) is 36.2 Å². The summed E-state index contributed by atoms with van der Waals surface area (Å²) in [7, 11) is 0. The zero-order valence-corrected chi connectivity index (χ0v) is 11.4. The van der Waals surface area contributed by atoms with Gasteiger partial charge < -0.3 is 10.4 Å². The molecule has 0 saturated carbocycles. The SMILES string of the molecule is CC(C)C[C@@H](c1ccc(O)cc1)N1CCNCC1. The number of nitrogens with one attached hydrogen (secondary N) is 1. The first-order valence-corrected chi connectivity index (χ1v) is 6.90. The molecule has 0 radical (unpaired) electrons. The third-order valence-corrected chi connectivity index (χ3v) is 3.56. The first-order valence-electron chi connectivity index (χ1n) is 6.90. The van der Waals surface area contributed by atoms with Gasteiger partial charge in [-0.25, -0.2) is 0 Å². The normalized spacial score (nSPS) is 19.1. The van der Waals surface area contributed by atoms with Crippen molar-refractivity contribution >= 4 is 0 Å². The van der Waals surface area contributed by atoms with Crippen LogP contribution >= 0.6 is 0 Å². The van der Waals surface area contributed by atoms with E-state index in [1.165, 1.54) is 12.0 Å². The Morgan fingerprint density at radius 2 is 1.78 bits per heavy atom. The zero-order chi connectivity index (χ0) is 13.0. The Balaban J connectivity index is 2.15. The van der Waals surface area contributed by atoms with Crippen LogP contribution in [0.1, 0.15) is 31.9 Å². The fourth-order valence-electron chi connectivity index (χ4n) is 2.63. The Bertz CT molecular complexity index is 355. The number of benzene rings is 1. The van der Waals surface area contributed by atoms with Gasteiger partial charge in [0, 0.05) is 32.2 Å². The molecule has 1 aromatic rings. The van der Waals surface area contributed by atoms with Gasteiger partial charge >= 0.3 is 0 Å². The molecule has 3 heteroatoms. The van der Waals surface area contributed by atoms with Crippen molar-refractivity contribution < 1.29 is 5.11 Å². The smallest absolute Gasteiger partial charge is 0.115 e. The summed E-state index contributed by atoms with van der Waals surface area (Å²) in [6, 6.07) is 8.19. The van der Waals surface area contributed by atoms with Gasteiger partial charge in [-0.05, 0) is 30.0 Å². The lowest BCUT2D eigenvalue weighted by Crippen LogP contribution is -2.45. The van der Waals surface area contributed by atoms with Crippen LogP contribution in [-0.4, -0.2) is 36.2 Å². The molecule has 0 amide bonds. The van der Waals surface area contributed by atoms with Gasteiger partial charge in [0.2, 0.25) is 0 Å². The van der Waals surface area contributed by atoms with E-state index in [1.54, 1.807) is 12.1 Å². The van der Waals surface area contributed by atoms with Crippen LogP contribution in [0.25, 0.3) is 0 Å². The Morgan fingerprint density at radius 3 is 2.33 bits per heavy atom. The van der Waals surface area contributed by atoms with Gasteiger partial charge in [0.25, 0.3) is 0 Å². The average Bonchev–Trinajstić information content (AvgIpc) is 2.38. The highest BCUT2D eigenvalue weighted by Crippen LogP contribution is 2.29. The van der Waals surface area contributed by atoms with Gasteiger partial charge in [-0.2, -0.15) is 0 Å². The summed E-state index contributed by atoms with van der Waals surface area (Å²) in [4.78, 5) is 2.56. The molecule has 0 spiro atoms. The number of phenolic OH excluding ortho intramolecular Hbond substituents is 1. The van der Waals surface area contributed by atoms with Gasteiger partial charge in [0.15, 0.2) is 0 Å². The number of hydrogen-bond donors (Lipinski definition) is 2. The largest absolute Gasteiger partial charge is 0.508 e. The van der Waals surface area contributed by atoms with Crippen LogP contribution in [0, 0.1) is 5.92 Å². The first kappa shape index (κ1) is 13.4. The van der Waals surface area contributed by atoms with E-state index in [0.29, 0.717) is 17.7 Å². The highest BCUT2D eigenvalue weighted by molar-refractivity contribution is 5.28. The minimum absolute atomic E-state index is 0.349. The van der Waals surface area contributed by atoms with Crippen molar-refractivity contribution in [3.8, 4) is 5.75 Å².